The molecule has 0 aliphatic carbocycles. The van der Waals surface area contributed by atoms with Gasteiger partial charge in [0.2, 0.25) is 5.83 Å². The summed E-state index contributed by atoms with van der Waals surface area (Å²) in [6, 6.07) is 10.0. The molecule has 0 amide bonds. The third kappa shape index (κ3) is 5.23. The number of halogens is 2. The molecular weight excluding hydrogens is 418 g/mol. The Bertz CT molecular complexity index is 923. The van der Waals surface area contributed by atoms with E-state index in [1.165, 1.54) is 35.8 Å². The van der Waals surface area contributed by atoms with Crippen molar-refractivity contribution in [3.05, 3.63) is 54.3 Å². The monoisotopic (exact) mass is 438 g/mol. The Morgan fingerprint density at radius 3 is 2.69 bits per heavy atom. The predicted octanol–water partition coefficient (Wildman–Crippen LogP) is 5.30. The summed E-state index contributed by atoms with van der Waals surface area (Å²) in [6.45, 7) is 3.44. The van der Waals surface area contributed by atoms with Gasteiger partial charge in [0.25, 0.3) is 0 Å². The minimum absolute atomic E-state index is 0.298. The van der Waals surface area contributed by atoms with E-state index in [1.54, 1.807) is 18.2 Å². The summed E-state index contributed by atoms with van der Waals surface area (Å²) in [5.74, 6) is -2.21. The number of nitrogens with zero attached hydrogens (tertiary/aromatic N) is 2. The van der Waals surface area contributed by atoms with Crippen LogP contribution in [0.15, 0.2) is 58.3 Å². The summed E-state index contributed by atoms with van der Waals surface area (Å²) in [6.07, 6.45) is 0.604. The van der Waals surface area contributed by atoms with E-state index in [2.05, 4.69) is 9.21 Å². The fourth-order valence-electron chi connectivity index (χ4n) is 2.80. The highest BCUT2D eigenvalue weighted by atomic mass is 32.2. The van der Waals surface area contributed by atoms with E-state index in [1.807, 2.05) is 20.0 Å². The zero-order valence-electron chi connectivity index (χ0n) is 15.9. The quantitative estimate of drug-likeness (QED) is 0.284. The maximum atomic E-state index is 13.4. The number of carboxylic acids is 1. The van der Waals surface area contributed by atoms with E-state index >= 15 is 0 Å². The van der Waals surface area contributed by atoms with Crippen LogP contribution in [0.25, 0.3) is 0 Å². The van der Waals surface area contributed by atoms with Gasteiger partial charge in [-0.1, -0.05) is 6.92 Å². The zero-order chi connectivity index (χ0) is 21.0. The molecule has 9 heteroatoms. The van der Waals surface area contributed by atoms with Crippen molar-refractivity contribution in [3.63, 3.8) is 0 Å². The Morgan fingerprint density at radius 2 is 2.03 bits per heavy atom. The standard InChI is InChI=1S/C20H20F2N2O3S2/c1-3-28-19-10-16-18(11-17(19)27-12-15(22)20(25)26)29-23(2)8-9-24(16)14-6-4-13(21)5-7-14/h4-7,10-12H,3,8-9H2,1-2H3,(H,25,26)/b15-12-. The molecule has 0 unspecified atom stereocenters. The SMILES string of the molecule is CCSc1cc2c(cc1O/C=C(\F)C(=O)O)SN(C)CCN2c1ccc(F)cc1. The summed E-state index contributed by atoms with van der Waals surface area (Å²) >= 11 is 3.02. The number of carbonyl (C=O) groups is 1. The highest BCUT2D eigenvalue weighted by Crippen LogP contribution is 2.44. The Balaban J connectivity index is 2.06. The van der Waals surface area contributed by atoms with Crippen molar-refractivity contribution >= 4 is 41.1 Å². The molecule has 0 radical (unpaired) electrons. The van der Waals surface area contributed by atoms with Crippen molar-refractivity contribution < 1.29 is 23.4 Å². The van der Waals surface area contributed by atoms with Crippen LogP contribution in [0, 0.1) is 5.82 Å². The molecule has 0 saturated heterocycles. The molecule has 1 aliphatic heterocycles. The molecule has 2 aromatic carbocycles. The molecule has 3 rings (SSSR count). The Labute approximate surface area is 176 Å². The highest BCUT2D eigenvalue weighted by molar-refractivity contribution is 7.99. The van der Waals surface area contributed by atoms with E-state index in [4.69, 9.17) is 9.84 Å². The van der Waals surface area contributed by atoms with Crippen LogP contribution in [0.4, 0.5) is 20.2 Å². The van der Waals surface area contributed by atoms with Crippen LogP contribution < -0.4 is 9.64 Å². The number of carboxylic acid groups (broad SMARTS) is 1. The minimum Gasteiger partial charge on any atom is -0.476 e. The van der Waals surface area contributed by atoms with Gasteiger partial charge in [0.15, 0.2) is 0 Å². The van der Waals surface area contributed by atoms with Crippen LogP contribution in [0.5, 0.6) is 5.75 Å². The largest absolute Gasteiger partial charge is 0.476 e. The summed E-state index contributed by atoms with van der Waals surface area (Å²) < 4.78 is 34.2. The van der Waals surface area contributed by atoms with Gasteiger partial charge in [-0.3, -0.25) is 0 Å². The number of rotatable bonds is 6. The molecule has 0 atom stereocenters. The molecule has 2 aromatic rings. The van der Waals surface area contributed by atoms with Crippen LogP contribution >= 0.6 is 23.7 Å². The van der Waals surface area contributed by atoms with Gasteiger partial charge < -0.3 is 14.7 Å². The minimum atomic E-state index is -1.68. The zero-order valence-corrected chi connectivity index (χ0v) is 17.5. The molecule has 1 N–H and O–H groups in total. The van der Waals surface area contributed by atoms with E-state index in [9.17, 15) is 13.6 Å². The number of ether oxygens (including phenoxy) is 1. The number of hydrogen-bond donors (Lipinski definition) is 1. The lowest BCUT2D eigenvalue weighted by atomic mass is 10.2. The first kappa shape index (κ1) is 21.5. The van der Waals surface area contributed by atoms with Crippen molar-refractivity contribution in [2.45, 2.75) is 16.7 Å². The molecule has 1 aliphatic rings. The van der Waals surface area contributed by atoms with Gasteiger partial charge >= 0.3 is 5.97 Å². The van der Waals surface area contributed by atoms with Crippen LogP contribution in [0.1, 0.15) is 6.92 Å². The van der Waals surface area contributed by atoms with E-state index in [0.29, 0.717) is 18.6 Å². The number of hydrogen-bond acceptors (Lipinski definition) is 6. The number of anilines is 2. The Hall–Kier alpha value is -2.23. The lowest BCUT2D eigenvalue weighted by Crippen LogP contribution is -2.24. The molecule has 0 saturated carbocycles. The second kappa shape index (κ2) is 9.51. The second-order valence-electron chi connectivity index (χ2n) is 6.16. The third-order valence-electron chi connectivity index (χ3n) is 4.14. The Kier molecular flexibility index (Phi) is 7.05. The first-order valence-electron chi connectivity index (χ1n) is 8.87. The maximum Gasteiger partial charge on any atom is 0.368 e. The van der Waals surface area contributed by atoms with Crippen molar-refractivity contribution in [3.8, 4) is 5.75 Å². The van der Waals surface area contributed by atoms with Gasteiger partial charge in [-0.2, -0.15) is 4.39 Å². The first-order valence-corrected chi connectivity index (χ1v) is 10.6. The normalized spacial score (nSPS) is 15.0. The lowest BCUT2D eigenvalue weighted by Gasteiger charge is -2.25. The van der Waals surface area contributed by atoms with E-state index in [-0.39, 0.29) is 5.82 Å². The summed E-state index contributed by atoms with van der Waals surface area (Å²) in [4.78, 5) is 14.4. The van der Waals surface area contributed by atoms with Gasteiger partial charge in [-0.15, -0.1) is 11.8 Å². The number of benzene rings is 2. The number of aliphatic carboxylic acids is 1. The summed E-state index contributed by atoms with van der Waals surface area (Å²) in [5, 5.41) is 8.70. The number of thioether (sulfide) groups is 1. The average molecular weight is 439 g/mol. The fourth-order valence-corrected chi connectivity index (χ4v) is 4.49. The van der Waals surface area contributed by atoms with Gasteiger partial charge in [-0.25, -0.2) is 13.5 Å². The molecule has 0 aromatic heterocycles. The van der Waals surface area contributed by atoms with Crippen molar-refractivity contribution in [2.75, 3.05) is 30.8 Å². The van der Waals surface area contributed by atoms with Crippen LogP contribution in [0.3, 0.4) is 0 Å². The van der Waals surface area contributed by atoms with Crippen LogP contribution in [0.2, 0.25) is 0 Å². The summed E-state index contributed by atoms with van der Waals surface area (Å²) in [7, 11) is 1.96. The van der Waals surface area contributed by atoms with Gasteiger partial charge in [-0.05, 0) is 61.1 Å². The molecule has 5 nitrogen and oxygen atoms in total. The molecule has 0 fully saturated rings. The maximum absolute atomic E-state index is 13.4. The highest BCUT2D eigenvalue weighted by Gasteiger charge is 2.23. The number of fused-ring (bicyclic) bond motifs is 1. The van der Waals surface area contributed by atoms with Crippen molar-refractivity contribution in [1.29, 1.82) is 0 Å². The first-order chi connectivity index (χ1) is 13.9. The van der Waals surface area contributed by atoms with Gasteiger partial charge in [0.1, 0.15) is 17.8 Å². The molecule has 0 spiro atoms. The van der Waals surface area contributed by atoms with Crippen LogP contribution in [-0.4, -0.2) is 41.3 Å². The molecule has 0 bridgehead atoms. The number of likely N-dealkylation sites (N-methyl/N-ethyl adjacent to an activating group) is 1. The average Bonchev–Trinajstić information content (AvgIpc) is 2.84. The summed E-state index contributed by atoms with van der Waals surface area (Å²) in [5.41, 5.74) is 1.79. The smallest absolute Gasteiger partial charge is 0.368 e. The topological polar surface area (TPSA) is 53.0 Å². The van der Waals surface area contributed by atoms with Crippen molar-refractivity contribution in [2.24, 2.45) is 0 Å². The predicted molar refractivity (Wildman–Crippen MR) is 112 cm³/mol. The second-order valence-corrected chi connectivity index (χ2v) is 8.71. The van der Waals surface area contributed by atoms with Crippen LogP contribution in [-0.2, 0) is 4.79 Å². The lowest BCUT2D eigenvalue weighted by molar-refractivity contribution is -0.134. The molecular formula is C20H20F2N2O3S2. The Morgan fingerprint density at radius 1 is 1.31 bits per heavy atom. The fraction of sp³-hybridized carbons (Fsp3) is 0.250. The van der Waals surface area contributed by atoms with E-state index < -0.39 is 11.8 Å². The molecule has 29 heavy (non-hydrogen) atoms. The third-order valence-corrected chi connectivity index (χ3v) is 6.08. The van der Waals surface area contributed by atoms with Crippen molar-refractivity contribution in [1.82, 2.24) is 4.31 Å². The van der Waals surface area contributed by atoms with Gasteiger partial charge in [0, 0.05) is 18.8 Å². The molecule has 1 heterocycles. The molecule has 154 valence electrons. The van der Waals surface area contributed by atoms with Gasteiger partial charge in [0.05, 0.1) is 15.5 Å². The van der Waals surface area contributed by atoms with E-state index in [0.717, 1.165) is 33.5 Å².